The lowest BCUT2D eigenvalue weighted by Crippen LogP contribution is -2.30. The molecule has 1 rings (SSSR count). The van der Waals surface area contributed by atoms with E-state index in [0.717, 1.165) is 12.2 Å². The second kappa shape index (κ2) is 4.72. The van der Waals surface area contributed by atoms with E-state index in [9.17, 15) is 0 Å². The number of aromatic nitrogens is 1. The van der Waals surface area contributed by atoms with Gasteiger partial charge in [-0.15, -0.1) is 11.3 Å². The van der Waals surface area contributed by atoms with Crippen molar-refractivity contribution in [3.63, 3.8) is 0 Å². The molecule has 0 aliphatic rings. The molecule has 13 heavy (non-hydrogen) atoms. The lowest BCUT2D eigenvalue weighted by atomic mass is 10.1. The number of hydrogen-bond acceptors (Lipinski definition) is 3. The van der Waals surface area contributed by atoms with Gasteiger partial charge in [0.15, 0.2) is 0 Å². The van der Waals surface area contributed by atoms with Gasteiger partial charge in [-0.3, -0.25) is 0 Å². The topological polar surface area (TPSA) is 24.9 Å². The first-order valence-corrected chi connectivity index (χ1v) is 5.61. The second-order valence-corrected chi connectivity index (χ2v) is 4.71. The van der Waals surface area contributed by atoms with Gasteiger partial charge in [-0.05, 0) is 19.8 Å². The summed E-state index contributed by atoms with van der Waals surface area (Å²) in [5.41, 5.74) is 3.07. The molecule has 1 aromatic rings. The van der Waals surface area contributed by atoms with Crippen LogP contribution in [0.3, 0.4) is 0 Å². The van der Waals surface area contributed by atoms with Crippen molar-refractivity contribution >= 4 is 11.3 Å². The fraction of sp³-hybridized carbons (Fsp3) is 0.700. The van der Waals surface area contributed by atoms with Crippen LogP contribution in [0.15, 0.2) is 5.51 Å². The Hall–Kier alpha value is -0.410. The van der Waals surface area contributed by atoms with Crippen LogP contribution >= 0.6 is 11.3 Å². The Morgan fingerprint density at radius 1 is 1.46 bits per heavy atom. The zero-order valence-electron chi connectivity index (χ0n) is 8.79. The average molecular weight is 198 g/mol. The fourth-order valence-corrected chi connectivity index (χ4v) is 1.71. The molecule has 2 nitrogen and oxygen atoms in total. The third-order valence-corrected chi connectivity index (χ3v) is 3.36. The largest absolute Gasteiger partial charge is 0.309 e. The maximum Gasteiger partial charge on any atom is 0.0798 e. The van der Waals surface area contributed by atoms with Crippen LogP contribution in [0.1, 0.15) is 31.3 Å². The predicted molar refractivity (Wildman–Crippen MR) is 58.0 cm³/mol. The minimum Gasteiger partial charge on any atom is -0.309 e. The lowest BCUT2D eigenvalue weighted by molar-refractivity contribution is 0.427. The van der Waals surface area contributed by atoms with E-state index >= 15 is 0 Å². The Balaban J connectivity index is 2.39. The molecule has 0 bridgehead atoms. The van der Waals surface area contributed by atoms with Gasteiger partial charge in [0.2, 0.25) is 0 Å². The van der Waals surface area contributed by atoms with Gasteiger partial charge in [0.05, 0.1) is 11.2 Å². The highest BCUT2D eigenvalue weighted by molar-refractivity contribution is 7.09. The molecular formula is C10H18N2S. The maximum absolute atomic E-state index is 4.22. The Bertz CT molecular complexity index is 255. The summed E-state index contributed by atoms with van der Waals surface area (Å²) in [7, 11) is 0. The van der Waals surface area contributed by atoms with Gasteiger partial charge >= 0.3 is 0 Å². The molecule has 0 unspecified atom stereocenters. The standard InChI is InChI=1S/C10H18N2S/c1-7(2)8(3)11-5-10-9(4)12-6-13-10/h6-8,11H,5H2,1-4H3/t8-/m1/s1. The van der Waals surface area contributed by atoms with Gasteiger partial charge < -0.3 is 5.32 Å². The van der Waals surface area contributed by atoms with Crippen LogP contribution < -0.4 is 5.32 Å². The zero-order chi connectivity index (χ0) is 9.84. The third kappa shape index (κ3) is 3.08. The number of thiazole rings is 1. The highest BCUT2D eigenvalue weighted by atomic mass is 32.1. The number of rotatable bonds is 4. The van der Waals surface area contributed by atoms with Gasteiger partial charge in [0.25, 0.3) is 0 Å². The summed E-state index contributed by atoms with van der Waals surface area (Å²) >= 11 is 1.73. The van der Waals surface area contributed by atoms with E-state index in [1.807, 2.05) is 5.51 Å². The zero-order valence-corrected chi connectivity index (χ0v) is 9.61. The summed E-state index contributed by atoms with van der Waals surface area (Å²) in [5, 5.41) is 3.50. The van der Waals surface area contributed by atoms with E-state index in [4.69, 9.17) is 0 Å². The van der Waals surface area contributed by atoms with Gasteiger partial charge in [-0.2, -0.15) is 0 Å². The molecule has 3 heteroatoms. The molecule has 0 aromatic carbocycles. The van der Waals surface area contributed by atoms with Crippen LogP contribution in [0.5, 0.6) is 0 Å². The molecule has 0 saturated heterocycles. The van der Waals surface area contributed by atoms with Crippen molar-refractivity contribution in [2.45, 2.75) is 40.3 Å². The van der Waals surface area contributed by atoms with Gasteiger partial charge in [-0.1, -0.05) is 13.8 Å². The van der Waals surface area contributed by atoms with Crippen LogP contribution in [-0.2, 0) is 6.54 Å². The quantitative estimate of drug-likeness (QED) is 0.804. The van der Waals surface area contributed by atoms with Gasteiger partial charge in [0.1, 0.15) is 0 Å². The summed E-state index contributed by atoms with van der Waals surface area (Å²) in [4.78, 5) is 5.57. The highest BCUT2D eigenvalue weighted by Crippen LogP contribution is 2.12. The molecule has 0 fully saturated rings. The Kier molecular flexibility index (Phi) is 3.88. The molecule has 1 atom stereocenters. The molecule has 0 aliphatic heterocycles. The van der Waals surface area contributed by atoms with Crippen molar-refractivity contribution < 1.29 is 0 Å². The first kappa shape index (κ1) is 10.7. The van der Waals surface area contributed by atoms with Crippen LogP contribution in [0.2, 0.25) is 0 Å². The summed E-state index contributed by atoms with van der Waals surface area (Å²) in [6, 6.07) is 0.571. The Labute approximate surface area is 84.4 Å². The van der Waals surface area contributed by atoms with Crippen molar-refractivity contribution in [2.75, 3.05) is 0 Å². The van der Waals surface area contributed by atoms with E-state index in [1.54, 1.807) is 11.3 Å². The fourth-order valence-electron chi connectivity index (χ4n) is 0.985. The molecular weight excluding hydrogens is 180 g/mol. The first-order valence-electron chi connectivity index (χ1n) is 4.73. The Morgan fingerprint density at radius 3 is 2.62 bits per heavy atom. The van der Waals surface area contributed by atoms with Crippen molar-refractivity contribution in [3.05, 3.63) is 16.1 Å². The first-order chi connectivity index (χ1) is 6.11. The third-order valence-electron chi connectivity index (χ3n) is 2.43. The number of aryl methyl sites for hydroxylation is 1. The summed E-state index contributed by atoms with van der Waals surface area (Å²) in [5.74, 6) is 0.688. The van der Waals surface area contributed by atoms with Crippen molar-refractivity contribution in [1.82, 2.24) is 10.3 Å². The van der Waals surface area contributed by atoms with Crippen molar-refractivity contribution in [1.29, 1.82) is 0 Å². The normalized spacial score (nSPS) is 13.6. The van der Waals surface area contributed by atoms with Crippen LogP contribution in [0, 0.1) is 12.8 Å². The van der Waals surface area contributed by atoms with Crippen LogP contribution in [0.4, 0.5) is 0 Å². The van der Waals surface area contributed by atoms with Crippen molar-refractivity contribution in [2.24, 2.45) is 5.92 Å². The van der Waals surface area contributed by atoms with E-state index in [0.29, 0.717) is 12.0 Å². The van der Waals surface area contributed by atoms with Gasteiger partial charge in [-0.25, -0.2) is 4.98 Å². The second-order valence-electron chi connectivity index (χ2n) is 3.77. The maximum atomic E-state index is 4.22. The van der Waals surface area contributed by atoms with E-state index in [1.165, 1.54) is 4.88 Å². The minimum atomic E-state index is 0.571. The average Bonchev–Trinajstić information content (AvgIpc) is 2.47. The highest BCUT2D eigenvalue weighted by Gasteiger charge is 2.07. The summed E-state index contributed by atoms with van der Waals surface area (Å²) in [6.07, 6.45) is 0. The number of hydrogen-bond donors (Lipinski definition) is 1. The molecule has 0 spiro atoms. The molecule has 0 amide bonds. The molecule has 1 N–H and O–H groups in total. The molecule has 0 aliphatic carbocycles. The van der Waals surface area contributed by atoms with E-state index in [2.05, 4.69) is 38.0 Å². The summed E-state index contributed by atoms with van der Waals surface area (Å²) < 4.78 is 0. The molecule has 0 saturated carbocycles. The summed E-state index contributed by atoms with van der Waals surface area (Å²) in [6.45, 7) is 9.71. The van der Waals surface area contributed by atoms with E-state index < -0.39 is 0 Å². The van der Waals surface area contributed by atoms with Crippen molar-refractivity contribution in [3.8, 4) is 0 Å². The van der Waals surface area contributed by atoms with E-state index in [-0.39, 0.29) is 0 Å². The van der Waals surface area contributed by atoms with Crippen LogP contribution in [-0.4, -0.2) is 11.0 Å². The Morgan fingerprint density at radius 2 is 2.15 bits per heavy atom. The van der Waals surface area contributed by atoms with Crippen LogP contribution in [0.25, 0.3) is 0 Å². The molecule has 74 valence electrons. The smallest absolute Gasteiger partial charge is 0.0798 e. The van der Waals surface area contributed by atoms with Gasteiger partial charge in [0, 0.05) is 17.5 Å². The molecule has 0 radical (unpaired) electrons. The minimum absolute atomic E-state index is 0.571. The SMILES string of the molecule is Cc1ncsc1CN[C@H](C)C(C)C. The lowest BCUT2D eigenvalue weighted by Gasteiger charge is -2.16. The number of nitrogens with one attached hydrogen (secondary N) is 1. The predicted octanol–water partition coefficient (Wildman–Crippen LogP) is 2.59. The molecule has 1 heterocycles. The monoisotopic (exact) mass is 198 g/mol. The molecule has 1 aromatic heterocycles. The number of nitrogens with zero attached hydrogens (tertiary/aromatic N) is 1.